The van der Waals surface area contributed by atoms with Crippen LogP contribution in [0.5, 0.6) is 0 Å². The molecule has 0 aliphatic rings. The Hall–Kier alpha value is -0.360. The van der Waals surface area contributed by atoms with Gasteiger partial charge in [0.15, 0.2) is 4.67 Å². The molecule has 1 atom stereocenters. The minimum absolute atomic E-state index is 0.0698. The van der Waals surface area contributed by atoms with Crippen molar-refractivity contribution in [1.29, 1.82) is 0 Å². The van der Waals surface area contributed by atoms with Crippen molar-refractivity contribution in [2.24, 2.45) is 5.73 Å². The Kier molecular flexibility index (Phi) is 6.71. The summed E-state index contributed by atoms with van der Waals surface area (Å²) in [5.41, 5.74) is 5.68. The van der Waals surface area contributed by atoms with Crippen molar-refractivity contribution in [2.45, 2.75) is 25.3 Å². The molecule has 0 aliphatic carbocycles. The topological polar surface area (TPSA) is 71.4 Å². The third-order valence-corrected chi connectivity index (χ3v) is 2.82. The van der Waals surface area contributed by atoms with Crippen molar-refractivity contribution >= 4 is 15.9 Å². The van der Waals surface area contributed by atoms with Crippen LogP contribution in [0.3, 0.4) is 0 Å². The Morgan fingerprint density at radius 1 is 1.38 bits per heavy atom. The molecule has 0 aliphatic heterocycles. The fraction of sp³-hybridized carbons (Fsp3) is 0.636. The number of halogens is 1. The SMILES string of the molecule is NCC(NCCCCCO)c1ccc(Br)o1. The Morgan fingerprint density at radius 3 is 2.75 bits per heavy atom. The van der Waals surface area contributed by atoms with E-state index in [4.69, 9.17) is 15.3 Å². The minimum Gasteiger partial charge on any atom is -0.453 e. The molecule has 5 heteroatoms. The lowest BCUT2D eigenvalue weighted by atomic mass is 10.2. The van der Waals surface area contributed by atoms with Crippen LogP contribution in [0.4, 0.5) is 0 Å². The molecule has 1 aromatic rings. The zero-order chi connectivity index (χ0) is 11.8. The standard InChI is InChI=1S/C11H19BrN2O2/c12-11-5-4-10(16-11)9(8-13)14-6-2-1-3-7-15/h4-5,9,14-15H,1-3,6-8,13H2. The molecule has 1 heterocycles. The number of rotatable bonds is 8. The Balaban J connectivity index is 2.27. The molecule has 4 N–H and O–H groups in total. The number of nitrogens with two attached hydrogens (primary N) is 1. The van der Waals surface area contributed by atoms with E-state index in [0.29, 0.717) is 6.54 Å². The smallest absolute Gasteiger partial charge is 0.169 e. The number of furan rings is 1. The summed E-state index contributed by atoms with van der Waals surface area (Å²) in [6.45, 7) is 1.67. The van der Waals surface area contributed by atoms with Crippen molar-refractivity contribution in [3.8, 4) is 0 Å². The molecule has 1 rings (SSSR count). The van der Waals surface area contributed by atoms with Gasteiger partial charge in [-0.25, -0.2) is 0 Å². The van der Waals surface area contributed by atoms with Gasteiger partial charge in [0.25, 0.3) is 0 Å². The van der Waals surface area contributed by atoms with E-state index >= 15 is 0 Å². The Labute approximate surface area is 104 Å². The first kappa shape index (κ1) is 13.7. The number of nitrogens with one attached hydrogen (secondary N) is 1. The lowest BCUT2D eigenvalue weighted by Crippen LogP contribution is -2.28. The molecule has 16 heavy (non-hydrogen) atoms. The summed E-state index contributed by atoms with van der Waals surface area (Å²) in [5.74, 6) is 0.858. The van der Waals surface area contributed by atoms with Gasteiger partial charge in [0.2, 0.25) is 0 Å². The van der Waals surface area contributed by atoms with Crippen molar-refractivity contribution in [2.75, 3.05) is 19.7 Å². The summed E-state index contributed by atoms with van der Waals surface area (Å²) in [6, 6.07) is 3.86. The van der Waals surface area contributed by atoms with Crippen LogP contribution in [0.2, 0.25) is 0 Å². The first-order valence-corrected chi connectivity index (χ1v) is 6.36. The maximum Gasteiger partial charge on any atom is 0.169 e. The van der Waals surface area contributed by atoms with E-state index in [9.17, 15) is 0 Å². The van der Waals surface area contributed by atoms with E-state index in [0.717, 1.165) is 36.2 Å². The highest BCUT2D eigenvalue weighted by molar-refractivity contribution is 9.10. The van der Waals surface area contributed by atoms with Crippen LogP contribution < -0.4 is 11.1 Å². The van der Waals surface area contributed by atoms with Crippen LogP contribution in [0.25, 0.3) is 0 Å². The molecular formula is C11H19BrN2O2. The van der Waals surface area contributed by atoms with E-state index in [1.165, 1.54) is 0 Å². The molecule has 0 saturated heterocycles. The summed E-state index contributed by atoms with van der Waals surface area (Å²) < 4.78 is 6.17. The van der Waals surface area contributed by atoms with Crippen LogP contribution >= 0.6 is 15.9 Å². The monoisotopic (exact) mass is 290 g/mol. The highest BCUT2D eigenvalue weighted by atomic mass is 79.9. The predicted octanol–water partition coefficient (Wildman–Crippen LogP) is 1.79. The average molecular weight is 291 g/mol. The van der Waals surface area contributed by atoms with Gasteiger partial charge in [0.05, 0.1) is 6.04 Å². The normalized spacial score (nSPS) is 12.9. The maximum atomic E-state index is 8.64. The quantitative estimate of drug-likeness (QED) is 0.639. The molecule has 92 valence electrons. The Morgan fingerprint density at radius 2 is 2.19 bits per heavy atom. The van der Waals surface area contributed by atoms with E-state index in [1.807, 2.05) is 12.1 Å². The number of aliphatic hydroxyl groups is 1. The zero-order valence-electron chi connectivity index (χ0n) is 9.29. The van der Waals surface area contributed by atoms with Gasteiger partial charge in [-0.15, -0.1) is 0 Å². The molecule has 0 bridgehead atoms. The van der Waals surface area contributed by atoms with Gasteiger partial charge >= 0.3 is 0 Å². The molecule has 1 unspecified atom stereocenters. The highest BCUT2D eigenvalue weighted by Crippen LogP contribution is 2.19. The molecule has 0 radical (unpaired) electrons. The second kappa shape index (κ2) is 7.84. The summed E-state index contributed by atoms with van der Waals surface area (Å²) >= 11 is 3.27. The number of aliphatic hydroxyl groups excluding tert-OH is 1. The van der Waals surface area contributed by atoms with Gasteiger partial charge in [-0.2, -0.15) is 0 Å². The van der Waals surface area contributed by atoms with E-state index in [2.05, 4.69) is 21.2 Å². The second-order valence-electron chi connectivity index (χ2n) is 3.67. The molecule has 0 fully saturated rings. The van der Waals surface area contributed by atoms with Crippen molar-refractivity contribution in [3.05, 3.63) is 22.6 Å². The number of hydrogen-bond donors (Lipinski definition) is 3. The second-order valence-corrected chi connectivity index (χ2v) is 4.45. The molecule has 0 saturated carbocycles. The van der Waals surface area contributed by atoms with Crippen molar-refractivity contribution in [3.63, 3.8) is 0 Å². The third kappa shape index (κ3) is 4.65. The number of unbranched alkanes of at least 4 members (excludes halogenated alkanes) is 2. The van der Waals surface area contributed by atoms with Crippen LogP contribution in [-0.2, 0) is 0 Å². The molecule has 4 nitrogen and oxygen atoms in total. The number of hydrogen-bond acceptors (Lipinski definition) is 4. The molecular weight excluding hydrogens is 272 g/mol. The highest BCUT2D eigenvalue weighted by Gasteiger charge is 2.12. The molecule has 0 spiro atoms. The van der Waals surface area contributed by atoms with Crippen LogP contribution in [-0.4, -0.2) is 24.8 Å². The van der Waals surface area contributed by atoms with E-state index in [-0.39, 0.29) is 12.6 Å². The van der Waals surface area contributed by atoms with Crippen molar-refractivity contribution in [1.82, 2.24) is 5.32 Å². The van der Waals surface area contributed by atoms with E-state index < -0.39 is 0 Å². The first-order valence-electron chi connectivity index (χ1n) is 5.57. The largest absolute Gasteiger partial charge is 0.453 e. The van der Waals surface area contributed by atoms with Gasteiger partial charge in [0.1, 0.15) is 5.76 Å². The van der Waals surface area contributed by atoms with Gasteiger partial charge in [-0.1, -0.05) is 0 Å². The van der Waals surface area contributed by atoms with Crippen molar-refractivity contribution < 1.29 is 9.52 Å². The lowest BCUT2D eigenvalue weighted by Gasteiger charge is -2.14. The third-order valence-electron chi connectivity index (χ3n) is 2.40. The van der Waals surface area contributed by atoms with E-state index in [1.54, 1.807) is 0 Å². The summed E-state index contributed by atoms with van der Waals surface area (Å²) in [5, 5.41) is 12.0. The van der Waals surface area contributed by atoms with Crippen LogP contribution in [0.1, 0.15) is 31.1 Å². The maximum absolute atomic E-state index is 8.64. The Bertz CT molecular complexity index is 291. The van der Waals surface area contributed by atoms with Crippen LogP contribution in [0, 0.1) is 0 Å². The minimum atomic E-state index is 0.0698. The molecule has 0 aromatic carbocycles. The predicted molar refractivity (Wildman–Crippen MR) is 67.1 cm³/mol. The van der Waals surface area contributed by atoms with Crippen LogP contribution in [0.15, 0.2) is 21.2 Å². The van der Waals surface area contributed by atoms with Gasteiger partial charge in [-0.3, -0.25) is 0 Å². The average Bonchev–Trinajstić information content (AvgIpc) is 2.70. The fourth-order valence-electron chi connectivity index (χ4n) is 1.51. The summed E-state index contributed by atoms with van der Waals surface area (Å²) in [6.07, 6.45) is 2.93. The summed E-state index contributed by atoms with van der Waals surface area (Å²) in [7, 11) is 0. The first-order chi connectivity index (χ1) is 7.77. The molecule has 1 aromatic heterocycles. The lowest BCUT2D eigenvalue weighted by molar-refractivity contribution is 0.282. The fourth-order valence-corrected chi connectivity index (χ4v) is 1.82. The zero-order valence-corrected chi connectivity index (χ0v) is 10.9. The van der Waals surface area contributed by atoms with Gasteiger partial charge in [-0.05, 0) is 53.9 Å². The van der Waals surface area contributed by atoms with Gasteiger partial charge < -0.3 is 20.6 Å². The molecule has 0 amide bonds. The summed E-state index contributed by atoms with van der Waals surface area (Å²) in [4.78, 5) is 0. The van der Waals surface area contributed by atoms with Gasteiger partial charge in [0, 0.05) is 13.2 Å².